The van der Waals surface area contributed by atoms with E-state index in [1.54, 1.807) is 14.2 Å². The molecule has 0 amide bonds. The molecule has 2 N–H and O–H groups in total. The first-order chi connectivity index (χ1) is 9.08. The van der Waals surface area contributed by atoms with E-state index in [9.17, 15) is 0 Å². The van der Waals surface area contributed by atoms with Crippen LogP contribution >= 0.6 is 0 Å². The van der Waals surface area contributed by atoms with E-state index in [4.69, 9.17) is 15.2 Å². The quantitative estimate of drug-likeness (QED) is 0.841. The minimum absolute atomic E-state index is 0.141. The van der Waals surface area contributed by atoms with Gasteiger partial charge in [0.2, 0.25) is 0 Å². The Bertz CT molecular complexity index is 288. The molecule has 0 aromatic carbocycles. The van der Waals surface area contributed by atoms with Crippen LogP contribution in [0.4, 0.5) is 0 Å². The van der Waals surface area contributed by atoms with Gasteiger partial charge >= 0.3 is 0 Å². The molecule has 0 spiro atoms. The van der Waals surface area contributed by atoms with Crippen molar-refractivity contribution in [3.05, 3.63) is 0 Å². The van der Waals surface area contributed by atoms with Gasteiger partial charge in [-0.3, -0.25) is 4.90 Å². The molecule has 0 aromatic rings. The molecule has 1 saturated heterocycles. The molecule has 2 fully saturated rings. The Morgan fingerprint density at radius 3 is 2.21 bits per heavy atom. The molecule has 1 aliphatic carbocycles. The minimum atomic E-state index is 0.141. The molecule has 5 unspecified atom stereocenters. The SMILES string of the molecule is COC1CN(C2(CN)CCCC(C)C2C)CC1OC. The van der Waals surface area contributed by atoms with E-state index in [0.29, 0.717) is 5.92 Å². The standard InChI is InChI=1S/C15H30N2O2/c1-11-6-5-7-15(10-16,12(11)2)17-8-13(18-3)14(9-17)19-4/h11-14H,5-10,16H2,1-4H3. The smallest absolute Gasteiger partial charge is 0.0972 e. The molecule has 0 radical (unpaired) electrons. The highest BCUT2D eigenvalue weighted by molar-refractivity contribution is 5.04. The highest BCUT2D eigenvalue weighted by Gasteiger charge is 2.49. The lowest BCUT2D eigenvalue weighted by Gasteiger charge is -2.51. The van der Waals surface area contributed by atoms with Gasteiger partial charge < -0.3 is 15.2 Å². The van der Waals surface area contributed by atoms with Gasteiger partial charge in [0.15, 0.2) is 0 Å². The molecule has 19 heavy (non-hydrogen) atoms. The van der Waals surface area contributed by atoms with Gasteiger partial charge in [-0.1, -0.05) is 26.7 Å². The Labute approximate surface area is 117 Å². The molecule has 4 nitrogen and oxygen atoms in total. The van der Waals surface area contributed by atoms with Crippen molar-refractivity contribution in [3.8, 4) is 0 Å². The van der Waals surface area contributed by atoms with Gasteiger partial charge in [-0.2, -0.15) is 0 Å². The van der Waals surface area contributed by atoms with E-state index in [0.717, 1.165) is 25.6 Å². The van der Waals surface area contributed by atoms with E-state index in [1.807, 2.05) is 0 Å². The zero-order chi connectivity index (χ0) is 14.0. The van der Waals surface area contributed by atoms with Crippen molar-refractivity contribution < 1.29 is 9.47 Å². The van der Waals surface area contributed by atoms with Crippen molar-refractivity contribution >= 4 is 0 Å². The second kappa shape index (κ2) is 6.08. The van der Waals surface area contributed by atoms with Crippen LogP contribution in [0, 0.1) is 11.8 Å². The predicted molar refractivity (Wildman–Crippen MR) is 77.1 cm³/mol. The lowest BCUT2D eigenvalue weighted by Crippen LogP contribution is -2.60. The zero-order valence-electron chi connectivity index (χ0n) is 12.9. The van der Waals surface area contributed by atoms with Crippen molar-refractivity contribution in [1.82, 2.24) is 4.90 Å². The first-order valence-corrected chi connectivity index (χ1v) is 7.59. The van der Waals surface area contributed by atoms with Crippen LogP contribution in [0.5, 0.6) is 0 Å². The highest BCUT2D eigenvalue weighted by atomic mass is 16.5. The number of likely N-dealkylation sites (tertiary alicyclic amines) is 1. The third-order valence-electron chi connectivity index (χ3n) is 5.77. The Balaban J connectivity index is 2.17. The van der Waals surface area contributed by atoms with Crippen molar-refractivity contribution in [2.24, 2.45) is 17.6 Å². The summed E-state index contributed by atoms with van der Waals surface area (Å²) in [5.41, 5.74) is 6.36. The van der Waals surface area contributed by atoms with Crippen LogP contribution in [-0.4, -0.2) is 56.5 Å². The average molecular weight is 270 g/mol. The van der Waals surface area contributed by atoms with E-state index in [1.165, 1.54) is 19.3 Å². The number of ether oxygens (including phenoxy) is 2. The van der Waals surface area contributed by atoms with Gasteiger partial charge in [0.25, 0.3) is 0 Å². The van der Waals surface area contributed by atoms with Crippen LogP contribution in [0.3, 0.4) is 0 Å². The van der Waals surface area contributed by atoms with Crippen LogP contribution in [-0.2, 0) is 9.47 Å². The third-order valence-corrected chi connectivity index (χ3v) is 5.77. The van der Waals surface area contributed by atoms with Crippen molar-refractivity contribution in [3.63, 3.8) is 0 Å². The average Bonchev–Trinajstić information content (AvgIpc) is 2.86. The van der Waals surface area contributed by atoms with Crippen LogP contribution in [0.1, 0.15) is 33.1 Å². The van der Waals surface area contributed by atoms with Crippen LogP contribution in [0.15, 0.2) is 0 Å². The van der Waals surface area contributed by atoms with Gasteiger partial charge in [-0.25, -0.2) is 0 Å². The van der Waals surface area contributed by atoms with Crippen LogP contribution < -0.4 is 5.73 Å². The zero-order valence-corrected chi connectivity index (χ0v) is 12.9. The summed E-state index contributed by atoms with van der Waals surface area (Å²) >= 11 is 0. The number of rotatable bonds is 4. The van der Waals surface area contributed by atoms with E-state index in [2.05, 4.69) is 18.7 Å². The fraction of sp³-hybridized carbons (Fsp3) is 1.00. The monoisotopic (exact) mass is 270 g/mol. The lowest BCUT2D eigenvalue weighted by atomic mass is 9.67. The van der Waals surface area contributed by atoms with Crippen molar-refractivity contribution in [2.75, 3.05) is 33.9 Å². The van der Waals surface area contributed by atoms with Crippen LogP contribution in [0.25, 0.3) is 0 Å². The topological polar surface area (TPSA) is 47.7 Å². The van der Waals surface area contributed by atoms with Crippen molar-refractivity contribution in [2.45, 2.75) is 50.9 Å². The molecule has 0 aromatic heterocycles. The molecule has 1 saturated carbocycles. The first-order valence-electron chi connectivity index (χ1n) is 7.59. The fourth-order valence-electron chi connectivity index (χ4n) is 4.16. The van der Waals surface area contributed by atoms with E-state index in [-0.39, 0.29) is 17.7 Å². The first kappa shape index (κ1) is 15.2. The maximum atomic E-state index is 6.22. The normalized spacial score (nSPS) is 44.7. The number of nitrogens with zero attached hydrogens (tertiary/aromatic N) is 1. The summed E-state index contributed by atoms with van der Waals surface area (Å²) in [5, 5.41) is 0. The second-order valence-electron chi connectivity index (χ2n) is 6.42. The Morgan fingerprint density at radius 1 is 1.16 bits per heavy atom. The summed E-state index contributed by atoms with van der Waals surface area (Å²) in [5.74, 6) is 1.39. The highest BCUT2D eigenvalue weighted by Crippen LogP contribution is 2.42. The number of methoxy groups -OCH3 is 2. The molecule has 2 aliphatic rings. The molecule has 4 heteroatoms. The lowest BCUT2D eigenvalue weighted by molar-refractivity contribution is -0.00642. The number of nitrogens with two attached hydrogens (primary N) is 1. The molecular formula is C15H30N2O2. The maximum Gasteiger partial charge on any atom is 0.0972 e. The fourth-order valence-corrected chi connectivity index (χ4v) is 4.16. The number of hydrogen-bond acceptors (Lipinski definition) is 4. The summed E-state index contributed by atoms with van der Waals surface area (Å²) < 4.78 is 11.2. The van der Waals surface area contributed by atoms with Crippen LogP contribution in [0.2, 0.25) is 0 Å². The van der Waals surface area contributed by atoms with Gasteiger partial charge in [0.1, 0.15) is 0 Å². The molecule has 0 bridgehead atoms. The summed E-state index contributed by atoms with van der Waals surface area (Å²) in [7, 11) is 3.56. The second-order valence-corrected chi connectivity index (χ2v) is 6.42. The van der Waals surface area contributed by atoms with Gasteiger partial charge in [-0.15, -0.1) is 0 Å². The summed E-state index contributed by atoms with van der Waals surface area (Å²) in [6.07, 6.45) is 4.19. The summed E-state index contributed by atoms with van der Waals surface area (Å²) in [4.78, 5) is 2.55. The largest absolute Gasteiger partial charge is 0.377 e. The Kier molecular flexibility index (Phi) is 4.88. The molecule has 1 heterocycles. The Morgan fingerprint density at radius 2 is 1.74 bits per heavy atom. The summed E-state index contributed by atoms with van der Waals surface area (Å²) in [6, 6.07) is 0. The molecule has 112 valence electrons. The van der Waals surface area contributed by atoms with E-state index < -0.39 is 0 Å². The van der Waals surface area contributed by atoms with Gasteiger partial charge in [-0.05, 0) is 18.3 Å². The van der Waals surface area contributed by atoms with Crippen molar-refractivity contribution in [1.29, 1.82) is 0 Å². The van der Waals surface area contributed by atoms with Gasteiger partial charge in [0.05, 0.1) is 12.2 Å². The summed E-state index contributed by atoms with van der Waals surface area (Å²) in [6.45, 7) is 7.38. The molecular weight excluding hydrogens is 240 g/mol. The van der Waals surface area contributed by atoms with Gasteiger partial charge in [0, 0.05) is 39.4 Å². The molecule has 5 atom stereocenters. The Hall–Kier alpha value is -0.160. The molecule has 1 aliphatic heterocycles. The number of hydrogen-bond donors (Lipinski definition) is 1. The van der Waals surface area contributed by atoms with E-state index >= 15 is 0 Å². The minimum Gasteiger partial charge on any atom is -0.377 e. The predicted octanol–water partition coefficient (Wildman–Crippen LogP) is 1.49. The molecule has 2 rings (SSSR count). The third kappa shape index (κ3) is 2.56. The maximum absolute atomic E-state index is 6.22.